The van der Waals surface area contributed by atoms with Gasteiger partial charge in [0, 0.05) is 18.2 Å². The molecule has 1 heterocycles. The lowest BCUT2D eigenvalue weighted by molar-refractivity contribution is -0.0659. The maximum atomic E-state index is 9.86. The van der Waals surface area contributed by atoms with Crippen molar-refractivity contribution in [3.63, 3.8) is 0 Å². The summed E-state index contributed by atoms with van der Waals surface area (Å²) in [4.78, 5) is 0. The van der Waals surface area contributed by atoms with Gasteiger partial charge in [-0.15, -0.1) is 0 Å². The number of hydrogen-bond acceptors (Lipinski definition) is 4. The third-order valence-corrected chi connectivity index (χ3v) is 3.69. The Bertz CT molecular complexity index is 418. The summed E-state index contributed by atoms with van der Waals surface area (Å²) in [5, 5.41) is 10.6. The summed E-state index contributed by atoms with van der Waals surface area (Å²) in [6, 6.07) is 5.44. The molecule has 2 rings (SSSR count). The molecule has 1 aliphatic heterocycles. The Morgan fingerprint density at radius 3 is 2.80 bits per heavy atom. The molecule has 20 heavy (non-hydrogen) atoms. The summed E-state index contributed by atoms with van der Waals surface area (Å²) < 4.78 is 16.4. The molecule has 1 saturated heterocycles. The number of ether oxygens (including phenoxy) is 3. The zero-order valence-electron chi connectivity index (χ0n) is 11.7. The van der Waals surface area contributed by atoms with Crippen molar-refractivity contribution in [2.24, 2.45) is 0 Å². The molecule has 1 aliphatic rings. The van der Waals surface area contributed by atoms with E-state index in [1.54, 1.807) is 12.1 Å². The van der Waals surface area contributed by atoms with Crippen molar-refractivity contribution >= 4 is 11.6 Å². The van der Waals surface area contributed by atoms with Crippen molar-refractivity contribution in [1.82, 2.24) is 0 Å². The molecule has 0 saturated carbocycles. The highest BCUT2D eigenvalue weighted by Crippen LogP contribution is 2.21. The van der Waals surface area contributed by atoms with E-state index in [1.165, 1.54) is 0 Å². The molecule has 1 unspecified atom stereocenters. The van der Waals surface area contributed by atoms with E-state index in [0.717, 1.165) is 31.6 Å². The lowest BCUT2D eigenvalue weighted by Gasteiger charge is -2.23. The summed E-state index contributed by atoms with van der Waals surface area (Å²) in [5.74, 6) is 0.706. The first-order valence-electron chi connectivity index (χ1n) is 6.91. The summed E-state index contributed by atoms with van der Waals surface area (Å²) in [7, 11) is 0. The average Bonchev–Trinajstić information content (AvgIpc) is 2.47. The molecule has 5 heteroatoms. The molecule has 1 N–H and O–H groups in total. The maximum absolute atomic E-state index is 9.86. The summed E-state index contributed by atoms with van der Waals surface area (Å²) in [6.07, 6.45) is 1.35. The van der Waals surface area contributed by atoms with Crippen LogP contribution >= 0.6 is 11.6 Å². The van der Waals surface area contributed by atoms with Gasteiger partial charge in [-0.05, 0) is 43.5 Å². The molecule has 0 bridgehead atoms. The van der Waals surface area contributed by atoms with Crippen molar-refractivity contribution in [2.45, 2.75) is 32.0 Å². The van der Waals surface area contributed by atoms with Crippen molar-refractivity contribution in [3.05, 3.63) is 28.8 Å². The number of benzene rings is 1. The maximum Gasteiger partial charge on any atom is 0.119 e. The number of hydrogen-bond donors (Lipinski definition) is 1. The van der Waals surface area contributed by atoms with E-state index in [9.17, 15) is 5.11 Å². The first-order chi connectivity index (χ1) is 9.65. The number of aryl methyl sites for hydroxylation is 1. The van der Waals surface area contributed by atoms with Gasteiger partial charge in [-0.25, -0.2) is 0 Å². The molecule has 4 nitrogen and oxygen atoms in total. The quantitative estimate of drug-likeness (QED) is 0.877. The lowest BCUT2D eigenvalue weighted by Crippen LogP contribution is -2.30. The van der Waals surface area contributed by atoms with E-state index in [2.05, 4.69) is 0 Å². The molecule has 0 radical (unpaired) electrons. The minimum Gasteiger partial charge on any atom is -0.491 e. The second kappa shape index (κ2) is 7.84. The fourth-order valence-electron chi connectivity index (χ4n) is 2.04. The Kier molecular flexibility index (Phi) is 6.10. The second-order valence-electron chi connectivity index (χ2n) is 5.02. The molecule has 0 aromatic heterocycles. The molecule has 1 atom stereocenters. The molecular weight excluding hydrogens is 280 g/mol. The highest BCUT2D eigenvalue weighted by molar-refractivity contribution is 6.31. The van der Waals surface area contributed by atoms with Gasteiger partial charge in [0.15, 0.2) is 0 Å². The van der Waals surface area contributed by atoms with Gasteiger partial charge >= 0.3 is 0 Å². The zero-order chi connectivity index (χ0) is 14.4. The molecule has 1 aromatic carbocycles. The minimum absolute atomic E-state index is 0.191. The van der Waals surface area contributed by atoms with E-state index in [0.29, 0.717) is 10.8 Å². The van der Waals surface area contributed by atoms with Gasteiger partial charge in [0.1, 0.15) is 18.5 Å². The largest absolute Gasteiger partial charge is 0.491 e. The molecular formula is C15H21ClO4. The third-order valence-electron chi connectivity index (χ3n) is 3.26. The smallest absolute Gasteiger partial charge is 0.119 e. The van der Waals surface area contributed by atoms with E-state index in [-0.39, 0.29) is 19.3 Å². The van der Waals surface area contributed by atoms with Crippen LogP contribution in [-0.2, 0) is 9.47 Å². The highest BCUT2D eigenvalue weighted by Gasteiger charge is 2.16. The molecule has 112 valence electrons. The van der Waals surface area contributed by atoms with Crippen LogP contribution in [0.2, 0.25) is 5.02 Å². The molecule has 1 aromatic rings. The number of aliphatic hydroxyl groups excluding tert-OH is 1. The third kappa shape index (κ3) is 4.94. The van der Waals surface area contributed by atoms with Crippen LogP contribution in [0.3, 0.4) is 0 Å². The SMILES string of the molecule is Cc1cc(OCC(O)COC2CCOCC2)ccc1Cl. The van der Waals surface area contributed by atoms with Gasteiger partial charge in [-0.3, -0.25) is 0 Å². The van der Waals surface area contributed by atoms with Crippen LogP contribution in [-0.4, -0.2) is 43.7 Å². The predicted octanol–water partition coefficient (Wildman–Crippen LogP) is 2.58. The first-order valence-corrected chi connectivity index (χ1v) is 7.29. The standard InChI is InChI=1S/C15H21ClO4/c1-11-8-14(2-3-15(11)16)20-10-12(17)9-19-13-4-6-18-7-5-13/h2-3,8,12-13,17H,4-7,9-10H2,1H3. The number of rotatable bonds is 6. The Hall–Kier alpha value is -0.810. The van der Waals surface area contributed by atoms with E-state index >= 15 is 0 Å². The predicted molar refractivity (Wildman–Crippen MR) is 77.5 cm³/mol. The fourth-order valence-corrected chi connectivity index (χ4v) is 2.15. The van der Waals surface area contributed by atoms with Crippen molar-refractivity contribution in [1.29, 1.82) is 0 Å². The van der Waals surface area contributed by atoms with Crippen LogP contribution in [0.5, 0.6) is 5.75 Å². The monoisotopic (exact) mass is 300 g/mol. The topological polar surface area (TPSA) is 47.9 Å². The molecule has 1 fully saturated rings. The van der Waals surface area contributed by atoms with Gasteiger partial charge in [-0.1, -0.05) is 11.6 Å². The Morgan fingerprint density at radius 1 is 1.35 bits per heavy atom. The van der Waals surface area contributed by atoms with Crippen LogP contribution in [0.1, 0.15) is 18.4 Å². The van der Waals surface area contributed by atoms with E-state index in [1.807, 2.05) is 13.0 Å². The van der Waals surface area contributed by atoms with Gasteiger partial charge in [0.25, 0.3) is 0 Å². The Labute approximate surface area is 124 Å². The van der Waals surface area contributed by atoms with Crippen molar-refractivity contribution in [2.75, 3.05) is 26.4 Å². The molecule has 0 aliphatic carbocycles. The highest BCUT2D eigenvalue weighted by atomic mass is 35.5. The van der Waals surface area contributed by atoms with Gasteiger partial charge < -0.3 is 19.3 Å². The van der Waals surface area contributed by atoms with Crippen molar-refractivity contribution in [3.8, 4) is 5.75 Å². The van der Waals surface area contributed by atoms with Crippen molar-refractivity contribution < 1.29 is 19.3 Å². The summed E-state index contributed by atoms with van der Waals surface area (Å²) >= 11 is 5.94. The number of aliphatic hydroxyl groups is 1. The van der Waals surface area contributed by atoms with Crippen LogP contribution < -0.4 is 4.74 Å². The van der Waals surface area contributed by atoms with E-state index in [4.69, 9.17) is 25.8 Å². The second-order valence-corrected chi connectivity index (χ2v) is 5.43. The average molecular weight is 301 g/mol. The van der Waals surface area contributed by atoms with Crippen LogP contribution in [0.4, 0.5) is 0 Å². The van der Waals surface area contributed by atoms with Crippen LogP contribution in [0.25, 0.3) is 0 Å². The normalized spacial score (nSPS) is 17.9. The Morgan fingerprint density at radius 2 is 2.10 bits per heavy atom. The van der Waals surface area contributed by atoms with Gasteiger partial charge in [0.2, 0.25) is 0 Å². The Balaban J connectivity index is 1.68. The van der Waals surface area contributed by atoms with Crippen LogP contribution in [0, 0.1) is 6.92 Å². The first kappa shape index (κ1) is 15.6. The van der Waals surface area contributed by atoms with Gasteiger partial charge in [0.05, 0.1) is 12.7 Å². The zero-order valence-corrected chi connectivity index (χ0v) is 12.4. The fraction of sp³-hybridized carbons (Fsp3) is 0.600. The molecule has 0 spiro atoms. The molecule has 0 amide bonds. The van der Waals surface area contributed by atoms with Crippen LogP contribution in [0.15, 0.2) is 18.2 Å². The lowest BCUT2D eigenvalue weighted by atomic mass is 10.1. The van der Waals surface area contributed by atoms with Gasteiger partial charge in [-0.2, -0.15) is 0 Å². The summed E-state index contributed by atoms with van der Waals surface area (Å²) in [5.41, 5.74) is 0.956. The minimum atomic E-state index is -0.631. The summed E-state index contributed by atoms with van der Waals surface area (Å²) in [6.45, 7) is 3.89. The van der Waals surface area contributed by atoms with E-state index < -0.39 is 6.10 Å². The number of halogens is 1.